The van der Waals surface area contributed by atoms with Gasteiger partial charge in [-0.1, -0.05) is 17.7 Å². The van der Waals surface area contributed by atoms with Crippen molar-refractivity contribution < 1.29 is 14.1 Å². The molecule has 0 saturated heterocycles. The number of hydrogen-bond donors (Lipinski definition) is 1. The molecule has 0 aliphatic carbocycles. The van der Waals surface area contributed by atoms with Crippen LogP contribution in [0.5, 0.6) is 0 Å². The fraction of sp³-hybridized carbons (Fsp3) is 0.278. The van der Waals surface area contributed by atoms with E-state index in [0.29, 0.717) is 17.1 Å². The number of carbonyl (C=O) groups excluding carboxylic acids is 1. The van der Waals surface area contributed by atoms with Gasteiger partial charge in [-0.05, 0) is 32.9 Å². The van der Waals surface area contributed by atoms with Crippen LogP contribution in [0.4, 0.5) is 15.8 Å². The van der Waals surface area contributed by atoms with E-state index < -0.39 is 16.6 Å². The van der Waals surface area contributed by atoms with Gasteiger partial charge in [-0.25, -0.2) is 4.39 Å². The topological polar surface area (TPSA) is 108 Å². The molecule has 0 saturated carbocycles. The molecule has 0 radical (unpaired) electrons. The molecule has 152 valence electrons. The van der Waals surface area contributed by atoms with Crippen molar-refractivity contribution in [3.8, 4) is 0 Å². The Balaban J connectivity index is 1.93. The van der Waals surface area contributed by atoms with Crippen LogP contribution in [0.3, 0.4) is 0 Å². The highest BCUT2D eigenvalue weighted by molar-refractivity contribution is 6.31. The van der Waals surface area contributed by atoms with Gasteiger partial charge in [0.25, 0.3) is 5.91 Å². The Bertz CT molecular complexity index is 1120. The smallest absolute Gasteiger partial charge is 0.317 e. The minimum Gasteiger partial charge on any atom is -0.317 e. The summed E-state index contributed by atoms with van der Waals surface area (Å²) < 4.78 is 16.9. The van der Waals surface area contributed by atoms with Crippen LogP contribution in [-0.2, 0) is 13.6 Å². The van der Waals surface area contributed by atoms with Crippen LogP contribution < -0.4 is 5.32 Å². The highest BCUT2D eigenvalue weighted by atomic mass is 35.5. The number of rotatable bonds is 5. The Labute approximate surface area is 170 Å². The van der Waals surface area contributed by atoms with E-state index in [4.69, 9.17) is 11.6 Å². The number of halogens is 2. The summed E-state index contributed by atoms with van der Waals surface area (Å²) in [7, 11) is 1.52. The molecule has 9 nitrogen and oxygen atoms in total. The molecule has 2 heterocycles. The molecule has 3 aromatic rings. The summed E-state index contributed by atoms with van der Waals surface area (Å²) in [6, 6.07) is 4.39. The molecule has 0 aliphatic rings. The number of amides is 1. The van der Waals surface area contributed by atoms with Gasteiger partial charge in [0.2, 0.25) is 5.69 Å². The number of aromatic nitrogens is 4. The van der Waals surface area contributed by atoms with Crippen LogP contribution in [0.15, 0.2) is 18.2 Å². The third-order valence-corrected chi connectivity index (χ3v) is 5.04. The number of anilines is 1. The second-order valence-electron chi connectivity index (χ2n) is 6.52. The van der Waals surface area contributed by atoms with E-state index in [-0.39, 0.29) is 34.2 Å². The van der Waals surface area contributed by atoms with Crippen molar-refractivity contribution in [2.75, 3.05) is 5.32 Å². The van der Waals surface area contributed by atoms with Crippen LogP contribution in [0, 0.1) is 36.7 Å². The number of aryl methyl sites for hydroxylation is 2. The van der Waals surface area contributed by atoms with Gasteiger partial charge in [-0.3, -0.25) is 24.3 Å². The Morgan fingerprint density at radius 2 is 1.97 bits per heavy atom. The molecule has 1 aromatic carbocycles. The molecular formula is C18H18ClFN6O3. The lowest BCUT2D eigenvalue weighted by molar-refractivity contribution is -0.385. The normalized spacial score (nSPS) is 11.0. The summed E-state index contributed by atoms with van der Waals surface area (Å²) in [4.78, 5) is 23.4. The van der Waals surface area contributed by atoms with Crippen LogP contribution >= 0.6 is 11.6 Å². The fourth-order valence-corrected chi connectivity index (χ4v) is 3.23. The van der Waals surface area contributed by atoms with E-state index in [1.54, 1.807) is 19.9 Å². The molecule has 0 atom stereocenters. The lowest BCUT2D eigenvalue weighted by Gasteiger charge is -2.09. The predicted octanol–water partition coefficient (Wildman–Crippen LogP) is 3.54. The third-order valence-electron chi connectivity index (χ3n) is 4.69. The first kappa shape index (κ1) is 20.5. The number of nitrogens with zero attached hydrogens (tertiary/aromatic N) is 5. The minimum absolute atomic E-state index is 0.0664. The molecule has 0 bridgehead atoms. The van der Waals surface area contributed by atoms with Crippen molar-refractivity contribution in [1.29, 1.82) is 0 Å². The SMILES string of the molecule is Cc1nn(Cc2c(F)cccc2Cl)c(C)c1NC(=O)c1nn(C)c(C)c1[N+](=O)[O-]. The van der Waals surface area contributed by atoms with Gasteiger partial charge >= 0.3 is 5.69 Å². The third kappa shape index (κ3) is 3.70. The second-order valence-corrected chi connectivity index (χ2v) is 6.93. The maximum absolute atomic E-state index is 14.1. The van der Waals surface area contributed by atoms with Crippen molar-refractivity contribution in [3.63, 3.8) is 0 Å². The van der Waals surface area contributed by atoms with Gasteiger partial charge in [0.15, 0.2) is 0 Å². The number of benzene rings is 1. The Hall–Kier alpha value is -3.27. The summed E-state index contributed by atoms with van der Waals surface area (Å²) in [5.74, 6) is -1.19. The van der Waals surface area contributed by atoms with Crippen molar-refractivity contribution in [2.24, 2.45) is 7.05 Å². The molecule has 3 rings (SSSR count). The van der Waals surface area contributed by atoms with Gasteiger partial charge in [0, 0.05) is 17.6 Å². The van der Waals surface area contributed by atoms with E-state index in [0.717, 1.165) is 0 Å². The van der Waals surface area contributed by atoms with Gasteiger partial charge in [0.1, 0.15) is 11.5 Å². The van der Waals surface area contributed by atoms with Crippen LogP contribution in [0.1, 0.15) is 33.1 Å². The molecule has 11 heteroatoms. The monoisotopic (exact) mass is 420 g/mol. The zero-order valence-corrected chi connectivity index (χ0v) is 16.9. The maximum atomic E-state index is 14.1. The molecular weight excluding hydrogens is 403 g/mol. The first-order valence-electron chi connectivity index (χ1n) is 8.58. The van der Waals surface area contributed by atoms with E-state index >= 15 is 0 Å². The van der Waals surface area contributed by atoms with Crippen molar-refractivity contribution >= 4 is 28.9 Å². The zero-order chi connectivity index (χ0) is 21.5. The van der Waals surface area contributed by atoms with Crippen LogP contribution in [0.25, 0.3) is 0 Å². The molecule has 1 N–H and O–H groups in total. The molecule has 0 fully saturated rings. The van der Waals surface area contributed by atoms with Crippen molar-refractivity contribution in [1.82, 2.24) is 19.6 Å². The number of nitrogens with one attached hydrogen (secondary N) is 1. The quantitative estimate of drug-likeness (QED) is 0.501. The molecule has 0 spiro atoms. The first-order valence-corrected chi connectivity index (χ1v) is 8.95. The molecule has 0 aliphatic heterocycles. The summed E-state index contributed by atoms with van der Waals surface area (Å²) in [5.41, 5.74) is 1.28. The van der Waals surface area contributed by atoms with Gasteiger partial charge in [0.05, 0.1) is 28.5 Å². The lowest BCUT2D eigenvalue weighted by atomic mass is 10.2. The van der Waals surface area contributed by atoms with Crippen molar-refractivity contribution in [3.05, 3.63) is 67.5 Å². The summed E-state index contributed by atoms with van der Waals surface area (Å²) in [5, 5.41) is 22.5. The first-order chi connectivity index (χ1) is 13.6. The van der Waals surface area contributed by atoms with E-state index in [1.165, 1.54) is 35.5 Å². The van der Waals surface area contributed by atoms with Crippen LogP contribution in [0.2, 0.25) is 5.02 Å². The van der Waals surface area contributed by atoms with E-state index in [2.05, 4.69) is 15.5 Å². The lowest BCUT2D eigenvalue weighted by Crippen LogP contribution is -2.16. The zero-order valence-electron chi connectivity index (χ0n) is 16.2. The standard InChI is InChI=1S/C18H18ClFN6O3/c1-9-15(21-18(27)16-17(26(28)29)11(3)24(4)23-16)10(2)25(22-9)8-12-13(19)6-5-7-14(12)20/h5-7H,8H2,1-4H3,(H,21,27). The molecule has 2 aromatic heterocycles. The Morgan fingerprint density at radius 1 is 1.28 bits per heavy atom. The highest BCUT2D eigenvalue weighted by Crippen LogP contribution is 2.27. The van der Waals surface area contributed by atoms with E-state index in [1.807, 2.05) is 0 Å². The number of carbonyl (C=O) groups is 1. The van der Waals surface area contributed by atoms with E-state index in [9.17, 15) is 19.3 Å². The predicted molar refractivity (Wildman–Crippen MR) is 105 cm³/mol. The average molecular weight is 421 g/mol. The highest BCUT2D eigenvalue weighted by Gasteiger charge is 2.30. The summed E-state index contributed by atoms with van der Waals surface area (Å²) in [6.07, 6.45) is 0. The van der Waals surface area contributed by atoms with Gasteiger partial charge in [-0.2, -0.15) is 10.2 Å². The van der Waals surface area contributed by atoms with Crippen LogP contribution in [-0.4, -0.2) is 30.4 Å². The average Bonchev–Trinajstić information content (AvgIpc) is 3.09. The van der Waals surface area contributed by atoms with Gasteiger partial charge in [-0.15, -0.1) is 0 Å². The number of nitro groups is 1. The molecule has 29 heavy (non-hydrogen) atoms. The largest absolute Gasteiger partial charge is 0.322 e. The Morgan fingerprint density at radius 3 is 2.59 bits per heavy atom. The van der Waals surface area contributed by atoms with Crippen molar-refractivity contribution in [2.45, 2.75) is 27.3 Å². The second kappa shape index (κ2) is 7.63. The minimum atomic E-state index is -0.727. The summed E-state index contributed by atoms with van der Waals surface area (Å²) in [6.45, 7) is 4.94. The maximum Gasteiger partial charge on any atom is 0.322 e. The number of hydrogen-bond acceptors (Lipinski definition) is 5. The molecule has 0 unspecified atom stereocenters. The Kier molecular flexibility index (Phi) is 5.38. The van der Waals surface area contributed by atoms with Gasteiger partial charge < -0.3 is 5.32 Å². The summed E-state index contributed by atoms with van der Waals surface area (Å²) >= 11 is 6.08. The fourth-order valence-electron chi connectivity index (χ4n) is 3.01. The molecule has 1 amide bonds.